The minimum absolute atomic E-state index is 0.157. The number of halogens is 3. The smallest absolute Gasteiger partial charge is 0.261 e. The summed E-state index contributed by atoms with van der Waals surface area (Å²) in [6.45, 7) is 10.1. The summed E-state index contributed by atoms with van der Waals surface area (Å²) in [6.07, 6.45) is 0.444. The molecular weight excluding hydrogens is 483 g/mol. The highest BCUT2D eigenvalue weighted by Gasteiger charge is 2.29. The van der Waals surface area contributed by atoms with Crippen molar-refractivity contribution in [2.24, 2.45) is 5.92 Å². The van der Waals surface area contributed by atoms with Crippen LogP contribution in [0.15, 0.2) is 30.3 Å². The third-order valence-electron chi connectivity index (χ3n) is 5.20. The van der Waals surface area contributed by atoms with Crippen molar-refractivity contribution < 1.29 is 14.3 Å². The van der Waals surface area contributed by atoms with Crippen LogP contribution in [-0.2, 0) is 16.1 Å². The van der Waals surface area contributed by atoms with Crippen molar-refractivity contribution in [1.29, 1.82) is 0 Å². The van der Waals surface area contributed by atoms with E-state index in [1.54, 1.807) is 30.3 Å². The highest BCUT2D eigenvalue weighted by Crippen LogP contribution is 2.27. The first-order chi connectivity index (χ1) is 15.5. The molecule has 0 fully saturated rings. The Hall–Kier alpha value is -1.95. The first kappa shape index (κ1) is 27.3. The molecule has 0 aliphatic heterocycles. The summed E-state index contributed by atoms with van der Waals surface area (Å²) in [5.74, 6) is 0.311. The Morgan fingerprint density at radius 1 is 1.06 bits per heavy atom. The van der Waals surface area contributed by atoms with E-state index in [4.69, 9.17) is 39.5 Å². The third-order valence-corrected chi connectivity index (χ3v) is 6.38. The van der Waals surface area contributed by atoms with Crippen molar-refractivity contribution in [2.45, 2.75) is 53.6 Å². The summed E-state index contributed by atoms with van der Waals surface area (Å²) >= 11 is 18.6. The molecule has 0 aliphatic rings. The molecule has 2 rings (SSSR count). The lowest BCUT2D eigenvalue weighted by Crippen LogP contribution is -2.50. The topological polar surface area (TPSA) is 58.6 Å². The second-order valence-electron chi connectivity index (χ2n) is 8.48. The van der Waals surface area contributed by atoms with Gasteiger partial charge in [-0.3, -0.25) is 9.59 Å². The Kier molecular flexibility index (Phi) is 10.3. The van der Waals surface area contributed by atoms with Crippen molar-refractivity contribution in [2.75, 3.05) is 13.2 Å². The Morgan fingerprint density at radius 3 is 2.24 bits per heavy atom. The number of aryl methyl sites for hydroxylation is 2. The van der Waals surface area contributed by atoms with Gasteiger partial charge in [-0.05, 0) is 67.1 Å². The maximum absolute atomic E-state index is 13.3. The average molecular weight is 514 g/mol. The number of rotatable bonds is 10. The highest BCUT2D eigenvalue weighted by molar-refractivity contribution is 6.35. The molecule has 1 atom stereocenters. The minimum atomic E-state index is -0.666. The van der Waals surface area contributed by atoms with Gasteiger partial charge in [0.2, 0.25) is 5.91 Å². The molecule has 2 amide bonds. The Bertz CT molecular complexity index is 972. The van der Waals surface area contributed by atoms with Gasteiger partial charge in [-0.15, -0.1) is 0 Å². The van der Waals surface area contributed by atoms with Gasteiger partial charge in [-0.2, -0.15) is 0 Å². The van der Waals surface area contributed by atoms with E-state index < -0.39 is 6.04 Å². The molecule has 180 valence electrons. The Balaban J connectivity index is 2.27. The fourth-order valence-corrected chi connectivity index (χ4v) is 3.97. The second-order valence-corrected chi connectivity index (χ2v) is 9.70. The van der Waals surface area contributed by atoms with Crippen molar-refractivity contribution >= 4 is 46.6 Å². The molecule has 1 N–H and O–H groups in total. The van der Waals surface area contributed by atoms with Gasteiger partial charge in [0, 0.05) is 28.2 Å². The SMILES string of the molecule is CC[C@@H](C(=O)NCC(C)C)N(Cc1ccc(Cl)cc1Cl)C(=O)COc1cc(C)c(Cl)c(C)c1. The van der Waals surface area contributed by atoms with E-state index in [0.29, 0.717) is 45.3 Å². The van der Waals surface area contributed by atoms with Gasteiger partial charge in [-0.1, -0.05) is 61.6 Å². The van der Waals surface area contributed by atoms with Gasteiger partial charge in [0.1, 0.15) is 11.8 Å². The molecule has 0 saturated heterocycles. The van der Waals surface area contributed by atoms with Crippen LogP contribution < -0.4 is 10.1 Å². The summed E-state index contributed by atoms with van der Waals surface area (Å²) < 4.78 is 5.79. The number of benzene rings is 2. The average Bonchev–Trinajstić information content (AvgIpc) is 2.75. The van der Waals surface area contributed by atoms with Crippen molar-refractivity contribution in [3.05, 3.63) is 62.1 Å². The number of carbonyl (C=O) groups is 2. The maximum atomic E-state index is 13.3. The predicted molar refractivity (Wildman–Crippen MR) is 135 cm³/mol. The van der Waals surface area contributed by atoms with E-state index in [9.17, 15) is 9.59 Å². The maximum Gasteiger partial charge on any atom is 0.261 e. The van der Waals surface area contributed by atoms with E-state index in [1.807, 2.05) is 34.6 Å². The standard InChI is InChI=1S/C25H31Cl3N2O3/c1-6-22(25(32)29-12-15(2)3)30(13-18-7-8-19(26)11-21(18)27)23(31)14-33-20-9-16(4)24(28)17(5)10-20/h7-11,15,22H,6,12-14H2,1-5H3,(H,29,32)/t22-/m0/s1. The summed E-state index contributed by atoms with van der Waals surface area (Å²) in [6, 6.07) is 8.00. The molecule has 33 heavy (non-hydrogen) atoms. The predicted octanol–water partition coefficient (Wildman–Crippen LogP) is 6.22. The summed E-state index contributed by atoms with van der Waals surface area (Å²) in [4.78, 5) is 27.8. The zero-order valence-electron chi connectivity index (χ0n) is 19.7. The van der Waals surface area contributed by atoms with E-state index in [1.165, 1.54) is 4.90 Å². The molecule has 0 saturated carbocycles. The van der Waals surface area contributed by atoms with Crippen molar-refractivity contribution in [3.63, 3.8) is 0 Å². The lowest BCUT2D eigenvalue weighted by Gasteiger charge is -2.31. The number of ether oxygens (including phenoxy) is 1. The van der Waals surface area contributed by atoms with Crippen LogP contribution in [0.2, 0.25) is 15.1 Å². The number of nitrogens with zero attached hydrogens (tertiary/aromatic N) is 1. The van der Waals surface area contributed by atoms with Gasteiger partial charge in [-0.25, -0.2) is 0 Å². The van der Waals surface area contributed by atoms with E-state index in [0.717, 1.165) is 11.1 Å². The van der Waals surface area contributed by atoms with Crippen LogP contribution in [-0.4, -0.2) is 35.9 Å². The monoisotopic (exact) mass is 512 g/mol. The molecule has 2 aromatic carbocycles. The first-order valence-corrected chi connectivity index (χ1v) is 12.1. The van der Waals surface area contributed by atoms with Crippen LogP contribution in [0.25, 0.3) is 0 Å². The van der Waals surface area contributed by atoms with Crippen LogP contribution in [0.3, 0.4) is 0 Å². The van der Waals surface area contributed by atoms with E-state index in [2.05, 4.69) is 5.32 Å². The minimum Gasteiger partial charge on any atom is -0.484 e. The normalized spacial score (nSPS) is 11.9. The molecule has 0 aliphatic carbocycles. The summed E-state index contributed by atoms with van der Waals surface area (Å²) in [5.41, 5.74) is 2.43. The van der Waals surface area contributed by atoms with Gasteiger partial charge >= 0.3 is 0 Å². The summed E-state index contributed by atoms with van der Waals surface area (Å²) in [7, 11) is 0. The molecular formula is C25H31Cl3N2O3. The Labute approximate surface area is 211 Å². The fraction of sp³-hybridized carbons (Fsp3) is 0.440. The van der Waals surface area contributed by atoms with E-state index in [-0.39, 0.29) is 25.0 Å². The molecule has 2 aromatic rings. The van der Waals surface area contributed by atoms with Gasteiger partial charge in [0.25, 0.3) is 5.91 Å². The molecule has 0 bridgehead atoms. The highest BCUT2D eigenvalue weighted by atomic mass is 35.5. The number of nitrogens with one attached hydrogen (secondary N) is 1. The number of amides is 2. The quantitative estimate of drug-likeness (QED) is 0.410. The molecule has 5 nitrogen and oxygen atoms in total. The van der Waals surface area contributed by atoms with Gasteiger partial charge < -0.3 is 15.0 Å². The van der Waals surface area contributed by atoms with Crippen LogP contribution in [0.4, 0.5) is 0 Å². The lowest BCUT2D eigenvalue weighted by atomic mass is 10.1. The lowest BCUT2D eigenvalue weighted by molar-refractivity contribution is -0.143. The molecule has 0 spiro atoms. The first-order valence-electron chi connectivity index (χ1n) is 10.9. The zero-order chi connectivity index (χ0) is 24.7. The van der Waals surface area contributed by atoms with Crippen LogP contribution in [0, 0.1) is 19.8 Å². The molecule has 0 aromatic heterocycles. The molecule has 0 unspecified atom stereocenters. The third kappa shape index (κ3) is 7.80. The van der Waals surface area contributed by atoms with Crippen molar-refractivity contribution in [3.8, 4) is 5.75 Å². The van der Waals surface area contributed by atoms with Crippen molar-refractivity contribution in [1.82, 2.24) is 10.2 Å². The largest absolute Gasteiger partial charge is 0.484 e. The molecule has 8 heteroatoms. The van der Waals surface area contributed by atoms with Gasteiger partial charge in [0.15, 0.2) is 6.61 Å². The zero-order valence-corrected chi connectivity index (χ0v) is 21.9. The van der Waals surface area contributed by atoms with Gasteiger partial charge in [0.05, 0.1) is 0 Å². The fourth-order valence-electron chi connectivity index (χ4n) is 3.39. The second kappa shape index (κ2) is 12.5. The summed E-state index contributed by atoms with van der Waals surface area (Å²) in [5, 5.41) is 4.53. The number of carbonyl (C=O) groups excluding carboxylic acids is 2. The molecule has 0 radical (unpaired) electrons. The number of hydrogen-bond acceptors (Lipinski definition) is 3. The van der Waals surface area contributed by atoms with Crippen LogP contribution >= 0.6 is 34.8 Å². The van der Waals surface area contributed by atoms with E-state index >= 15 is 0 Å². The van der Waals surface area contributed by atoms with Crippen LogP contribution in [0.1, 0.15) is 43.9 Å². The van der Waals surface area contributed by atoms with Crippen LogP contribution in [0.5, 0.6) is 5.75 Å². The molecule has 0 heterocycles. The number of hydrogen-bond donors (Lipinski definition) is 1. The Morgan fingerprint density at radius 2 is 1.70 bits per heavy atom.